The minimum atomic E-state index is -0.706. The molecule has 2 heterocycles. The molecule has 0 spiro atoms. The normalized spacial score (nSPS) is 21.2. The Hall–Kier alpha value is -2.41. The number of hydrogen-bond donors (Lipinski definition) is 2. The zero-order chi connectivity index (χ0) is 19.8. The van der Waals surface area contributed by atoms with Crippen molar-refractivity contribution in [3.05, 3.63) is 44.5 Å². The van der Waals surface area contributed by atoms with Crippen molar-refractivity contribution in [3.63, 3.8) is 0 Å². The Morgan fingerprint density at radius 3 is 2.50 bits per heavy atom. The molecule has 7 heteroatoms. The van der Waals surface area contributed by atoms with Gasteiger partial charge < -0.3 is 14.9 Å². The molecule has 4 rings (SSSR count). The second-order valence-electron chi connectivity index (χ2n) is 8.52. The summed E-state index contributed by atoms with van der Waals surface area (Å²) in [5.41, 5.74) is 0.138. The van der Waals surface area contributed by atoms with Gasteiger partial charge in [0.2, 0.25) is 0 Å². The molecule has 28 heavy (non-hydrogen) atoms. The lowest BCUT2D eigenvalue weighted by Gasteiger charge is -2.34. The highest BCUT2D eigenvalue weighted by molar-refractivity contribution is 5.97. The second-order valence-corrected chi connectivity index (χ2v) is 8.52. The van der Waals surface area contributed by atoms with Gasteiger partial charge in [-0.2, -0.15) is 0 Å². The number of aromatic nitrogens is 2. The number of fused-ring (bicyclic) bond motifs is 1. The van der Waals surface area contributed by atoms with Crippen LogP contribution in [0.1, 0.15) is 43.5 Å². The summed E-state index contributed by atoms with van der Waals surface area (Å²) in [6, 6.07) is 5.42. The Kier molecular flexibility index (Phi) is 5.10. The van der Waals surface area contributed by atoms with E-state index in [-0.39, 0.29) is 5.91 Å². The van der Waals surface area contributed by atoms with E-state index in [1.54, 1.807) is 18.2 Å². The van der Waals surface area contributed by atoms with Crippen molar-refractivity contribution in [1.82, 2.24) is 19.8 Å². The SMILES string of the molecule is CC(C)[C@@H]1CN(C(=O)c2ccc3[nH]c(=O)c(=O)[nH]c3c2)CCCN1CC1CC1. The molecule has 1 saturated heterocycles. The first kappa shape index (κ1) is 18.9. The summed E-state index contributed by atoms with van der Waals surface area (Å²) in [6.07, 6.45) is 3.64. The van der Waals surface area contributed by atoms with Crippen molar-refractivity contribution >= 4 is 16.9 Å². The van der Waals surface area contributed by atoms with E-state index in [2.05, 4.69) is 28.7 Å². The average molecular weight is 384 g/mol. The predicted molar refractivity (Wildman–Crippen MR) is 109 cm³/mol. The number of H-pyrrole nitrogens is 2. The van der Waals surface area contributed by atoms with Crippen molar-refractivity contribution in [3.8, 4) is 0 Å². The molecule has 0 radical (unpaired) electrons. The molecule has 1 saturated carbocycles. The van der Waals surface area contributed by atoms with Crippen LogP contribution in [0.2, 0.25) is 0 Å². The summed E-state index contributed by atoms with van der Waals surface area (Å²) in [5, 5.41) is 0. The molecule has 150 valence electrons. The van der Waals surface area contributed by atoms with Crippen molar-refractivity contribution < 1.29 is 4.79 Å². The number of nitrogens with one attached hydrogen (secondary N) is 2. The molecule has 1 aromatic heterocycles. The third kappa shape index (κ3) is 3.90. The molecule has 2 aliphatic rings. The van der Waals surface area contributed by atoms with E-state index in [1.165, 1.54) is 12.8 Å². The fourth-order valence-corrected chi connectivity index (χ4v) is 4.17. The van der Waals surface area contributed by atoms with Gasteiger partial charge in [-0.25, -0.2) is 0 Å². The molecule has 2 aromatic rings. The molecular formula is C21H28N4O3. The summed E-state index contributed by atoms with van der Waals surface area (Å²) in [4.78, 5) is 45.9. The van der Waals surface area contributed by atoms with E-state index in [0.29, 0.717) is 28.6 Å². The van der Waals surface area contributed by atoms with Crippen molar-refractivity contribution in [2.75, 3.05) is 26.2 Å². The molecule has 1 aromatic carbocycles. The third-order valence-electron chi connectivity index (χ3n) is 5.97. The van der Waals surface area contributed by atoms with Gasteiger partial charge in [-0.15, -0.1) is 0 Å². The number of benzene rings is 1. The molecule has 1 aliphatic heterocycles. The zero-order valence-electron chi connectivity index (χ0n) is 16.5. The van der Waals surface area contributed by atoms with Crippen LogP contribution in [0.25, 0.3) is 11.0 Å². The lowest BCUT2D eigenvalue weighted by molar-refractivity contribution is 0.0704. The maximum atomic E-state index is 13.2. The van der Waals surface area contributed by atoms with Crippen LogP contribution < -0.4 is 11.1 Å². The van der Waals surface area contributed by atoms with Gasteiger partial charge in [-0.3, -0.25) is 19.3 Å². The standard InChI is InChI=1S/C21H28N4O3/c1-13(2)18-12-25(9-3-8-24(18)11-14-4-5-14)21(28)15-6-7-16-17(10-15)23-20(27)19(26)22-16/h6-7,10,13-14,18H,3-5,8-9,11-12H2,1-2H3,(H,22,26)(H,23,27)/t18-/m0/s1. The van der Waals surface area contributed by atoms with Crippen LogP contribution in [-0.2, 0) is 0 Å². The van der Waals surface area contributed by atoms with Crippen LogP contribution in [-0.4, -0.2) is 57.9 Å². The second kappa shape index (κ2) is 7.54. The van der Waals surface area contributed by atoms with Crippen LogP contribution in [0, 0.1) is 11.8 Å². The largest absolute Gasteiger partial charge is 0.337 e. The number of amides is 1. The van der Waals surface area contributed by atoms with Crippen molar-refractivity contribution in [2.45, 2.75) is 39.2 Å². The summed E-state index contributed by atoms with van der Waals surface area (Å²) in [7, 11) is 0. The number of nitrogens with zero attached hydrogens (tertiary/aromatic N) is 2. The lowest BCUT2D eigenvalue weighted by atomic mass is 10.0. The number of aromatic amines is 2. The van der Waals surface area contributed by atoms with E-state index < -0.39 is 11.1 Å². The van der Waals surface area contributed by atoms with E-state index in [9.17, 15) is 14.4 Å². The van der Waals surface area contributed by atoms with Crippen molar-refractivity contribution in [2.24, 2.45) is 11.8 Å². The molecule has 7 nitrogen and oxygen atoms in total. The molecule has 1 amide bonds. The van der Waals surface area contributed by atoms with E-state index >= 15 is 0 Å². The van der Waals surface area contributed by atoms with Gasteiger partial charge in [0.05, 0.1) is 11.0 Å². The Bertz CT molecular complexity index is 989. The fraction of sp³-hybridized carbons (Fsp3) is 0.571. The van der Waals surface area contributed by atoms with Crippen LogP contribution in [0.15, 0.2) is 27.8 Å². The van der Waals surface area contributed by atoms with Gasteiger partial charge in [0.25, 0.3) is 5.91 Å². The molecule has 1 aliphatic carbocycles. The van der Waals surface area contributed by atoms with Gasteiger partial charge in [-0.1, -0.05) is 13.8 Å². The third-order valence-corrected chi connectivity index (χ3v) is 5.97. The summed E-state index contributed by atoms with van der Waals surface area (Å²) < 4.78 is 0. The smallest absolute Gasteiger partial charge is 0.314 e. The Labute approximate surface area is 163 Å². The van der Waals surface area contributed by atoms with Gasteiger partial charge in [-0.05, 0) is 49.3 Å². The van der Waals surface area contributed by atoms with Gasteiger partial charge >= 0.3 is 11.1 Å². The van der Waals surface area contributed by atoms with Crippen LogP contribution in [0.4, 0.5) is 0 Å². The number of carbonyl (C=O) groups excluding carboxylic acids is 1. The molecule has 0 bridgehead atoms. The van der Waals surface area contributed by atoms with Crippen molar-refractivity contribution in [1.29, 1.82) is 0 Å². The average Bonchev–Trinajstić information content (AvgIpc) is 3.49. The Balaban J connectivity index is 1.57. The fourth-order valence-electron chi connectivity index (χ4n) is 4.17. The highest BCUT2D eigenvalue weighted by Crippen LogP contribution is 2.32. The monoisotopic (exact) mass is 384 g/mol. The van der Waals surface area contributed by atoms with E-state index in [1.807, 2.05) is 4.90 Å². The first-order valence-electron chi connectivity index (χ1n) is 10.2. The summed E-state index contributed by atoms with van der Waals surface area (Å²) >= 11 is 0. The molecule has 0 unspecified atom stereocenters. The number of rotatable bonds is 4. The van der Waals surface area contributed by atoms with Gasteiger partial charge in [0, 0.05) is 37.8 Å². The minimum Gasteiger partial charge on any atom is -0.337 e. The first-order valence-corrected chi connectivity index (χ1v) is 10.2. The van der Waals surface area contributed by atoms with E-state index in [0.717, 1.165) is 38.5 Å². The van der Waals surface area contributed by atoms with E-state index in [4.69, 9.17) is 0 Å². The van der Waals surface area contributed by atoms with Gasteiger partial charge in [0.1, 0.15) is 0 Å². The Morgan fingerprint density at radius 1 is 1.11 bits per heavy atom. The predicted octanol–water partition coefficient (Wildman–Crippen LogP) is 1.80. The van der Waals surface area contributed by atoms with Gasteiger partial charge in [0.15, 0.2) is 0 Å². The maximum absolute atomic E-state index is 13.2. The zero-order valence-corrected chi connectivity index (χ0v) is 16.5. The first-order chi connectivity index (χ1) is 13.4. The maximum Gasteiger partial charge on any atom is 0.314 e. The topological polar surface area (TPSA) is 89.3 Å². The summed E-state index contributed by atoms with van der Waals surface area (Å²) in [6.45, 7) is 8.11. The Morgan fingerprint density at radius 2 is 1.82 bits per heavy atom. The van der Waals surface area contributed by atoms with Crippen LogP contribution >= 0.6 is 0 Å². The summed E-state index contributed by atoms with van der Waals surface area (Å²) in [5.74, 6) is 1.29. The molecular weight excluding hydrogens is 356 g/mol. The molecule has 1 atom stereocenters. The van der Waals surface area contributed by atoms with Crippen LogP contribution in [0.3, 0.4) is 0 Å². The van der Waals surface area contributed by atoms with Crippen LogP contribution in [0.5, 0.6) is 0 Å². The molecule has 2 N–H and O–H groups in total. The minimum absolute atomic E-state index is 0.0205. The quantitative estimate of drug-likeness (QED) is 0.787. The molecule has 2 fully saturated rings. The lowest BCUT2D eigenvalue weighted by Crippen LogP contribution is -2.46. The highest BCUT2D eigenvalue weighted by atomic mass is 16.2. The number of carbonyl (C=O) groups is 1. The highest BCUT2D eigenvalue weighted by Gasteiger charge is 2.33. The number of hydrogen-bond acceptors (Lipinski definition) is 4.